The first-order valence-electron chi connectivity index (χ1n) is 40.3. The van der Waals surface area contributed by atoms with E-state index in [9.17, 15) is 41.5 Å². The topological polar surface area (TPSA) is 301 Å². The summed E-state index contributed by atoms with van der Waals surface area (Å²) in [5.74, 6) is -0.230. The molecule has 0 radical (unpaired) electrons. The number of benzene rings is 4. The third-order valence-corrected chi connectivity index (χ3v) is 23.4. The summed E-state index contributed by atoms with van der Waals surface area (Å²) >= 11 is 32.2. The lowest BCUT2D eigenvalue weighted by atomic mass is 10.00. The molecule has 12 heterocycles. The summed E-state index contributed by atoms with van der Waals surface area (Å²) in [6.45, 7) is 22.5. The molecule has 16 rings (SSSR count). The predicted molar refractivity (Wildman–Crippen MR) is 480 cm³/mol. The fraction of sp³-hybridized carbons (Fsp3) is 0.315. The van der Waals surface area contributed by atoms with E-state index in [1.807, 2.05) is 105 Å². The number of hydrogen-bond donors (Lipinski definition) is 6. The molecule has 12 aromatic heterocycles. The number of aryl methyl sites for hydroxylation is 1. The van der Waals surface area contributed by atoms with Crippen molar-refractivity contribution < 1.29 is 27.0 Å². The molecule has 0 bridgehead atoms. The SMILES string of the molecule is CCC(CC)n1c(=O)[nH]c2ncc(Cl)c(-c3ccc(OC)nc3)c21.CCC(CC)n1c(=O)[nH]c2ncc(Cl)c(-c3cccc(OC(F)(F)F)c3)c21.CCC(CC)n1c(=O)[nH]c2ncc(Cl)c(-c3cccc4[nH]ccc34)c21.CCC(CC)n1c(=O)[nH]c2ncc(Cl)c(-c3ccccc3C)c21.CCC(CC)n1c(=O)[nH]c2ncc(Cl)c(-c3ccccc3F)c21. The smallest absolute Gasteiger partial charge is 0.481 e. The lowest BCUT2D eigenvalue weighted by Crippen LogP contribution is -2.21. The minimum absolute atomic E-state index is 0.00189. The first-order chi connectivity index (χ1) is 58.7. The second-order valence-corrected chi connectivity index (χ2v) is 31.0. The van der Waals surface area contributed by atoms with Gasteiger partial charge in [-0.25, -0.2) is 58.3 Å². The molecule has 638 valence electrons. The molecule has 0 aliphatic heterocycles. The van der Waals surface area contributed by atoms with Gasteiger partial charge in [-0.1, -0.05) is 194 Å². The fourth-order valence-electron chi connectivity index (χ4n) is 16.0. The highest BCUT2D eigenvalue weighted by atomic mass is 35.5. The van der Waals surface area contributed by atoms with E-state index in [2.05, 4.69) is 106 Å². The van der Waals surface area contributed by atoms with Crippen LogP contribution in [0.2, 0.25) is 25.1 Å². The molecular formula is C89H92Cl5F4N17O7. The quantitative estimate of drug-likeness (QED) is 0.0344. The first kappa shape index (κ1) is 89.7. The number of alkyl halides is 3. The van der Waals surface area contributed by atoms with Crippen molar-refractivity contribution in [2.45, 2.75) is 177 Å². The average Bonchev–Trinajstić information content (AvgIpc) is 1.59. The third kappa shape index (κ3) is 18.2. The van der Waals surface area contributed by atoms with E-state index >= 15 is 0 Å². The van der Waals surface area contributed by atoms with Gasteiger partial charge in [0.1, 0.15) is 11.6 Å². The van der Waals surface area contributed by atoms with Gasteiger partial charge in [0, 0.05) is 130 Å². The van der Waals surface area contributed by atoms with Crippen molar-refractivity contribution in [3.05, 3.63) is 241 Å². The maximum atomic E-state index is 14.3. The Morgan fingerprint density at radius 2 is 0.730 bits per heavy atom. The highest BCUT2D eigenvalue weighted by Gasteiger charge is 2.33. The van der Waals surface area contributed by atoms with Gasteiger partial charge >= 0.3 is 34.8 Å². The van der Waals surface area contributed by atoms with Crippen LogP contribution in [0, 0.1) is 12.7 Å². The Hall–Kier alpha value is -11.6. The molecule has 0 atom stereocenters. The first-order valence-corrected chi connectivity index (χ1v) is 42.2. The van der Waals surface area contributed by atoms with Crippen LogP contribution in [0.4, 0.5) is 17.6 Å². The Bertz CT molecular complexity index is 6580. The van der Waals surface area contributed by atoms with Crippen molar-refractivity contribution in [3.8, 4) is 67.3 Å². The number of rotatable bonds is 22. The predicted octanol–water partition coefficient (Wildman–Crippen LogP) is 23.3. The summed E-state index contributed by atoms with van der Waals surface area (Å²) in [5, 5.41) is 3.20. The molecule has 16 aromatic rings. The summed E-state index contributed by atoms with van der Waals surface area (Å²) in [7, 11) is 1.57. The van der Waals surface area contributed by atoms with E-state index < -0.39 is 6.36 Å². The van der Waals surface area contributed by atoms with Gasteiger partial charge in [0.25, 0.3) is 0 Å². The normalized spacial score (nSPS) is 11.7. The fourth-order valence-corrected chi connectivity index (χ4v) is 17.2. The van der Waals surface area contributed by atoms with E-state index in [0.29, 0.717) is 106 Å². The van der Waals surface area contributed by atoms with Crippen molar-refractivity contribution in [2.75, 3.05) is 7.11 Å². The molecule has 0 saturated carbocycles. The lowest BCUT2D eigenvalue weighted by Gasteiger charge is -2.17. The average molecular weight is 1770 g/mol. The van der Waals surface area contributed by atoms with Gasteiger partial charge in [-0.15, -0.1) is 13.2 Å². The lowest BCUT2D eigenvalue weighted by molar-refractivity contribution is -0.274. The number of imidazole rings is 5. The Morgan fingerprint density at radius 3 is 1.10 bits per heavy atom. The van der Waals surface area contributed by atoms with Gasteiger partial charge in [-0.05, 0) is 130 Å². The number of hydrogen-bond acceptors (Lipinski definition) is 13. The van der Waals surface area contributed by atoms with Gasteiger partial charge < -0.3 is 14.5 Å². The van der Waals surface area contributed by atoms with E-state index in [1.54, 1.807) is 75.9 Å². The van der Waals surface area contributed by atoms with Crippen molar-refractivity contribution in [3.63, 3.8) is 0 Å². The van der Waals surface area contributed by atoms with Crippen LogP contribution in [0.5, 0.6) is 11.6 Å². The number of methoxy groups -OCH3 is 1. The Balaban J connectivity index is 0.000000140. The molecule has 0 aliphatic rings. The van der Waals surface area contributed by atoms with E-state index in [0.717, 1.165) is 112 Å². The number of pyridine rings is 6. The Morgan fingerprint density at radius 1 is 0.385 bits per heavy atom. The van der Waals surface area contributed by atoms with Gasteiger partial charge in [0.2, 0.25) is 5.88 Å². The third-order valence-electron chi connectivity index (χ3n) is 22.0. The number of nitrogens with one attached hydrogen (secondary N) is 6. The van der Waals surface area contributed by atoms with Crippen LogP contribution in [0.3, 0.4) is 0 Å². The van der Waals surface area contributed by atoms with Crippen molar-refractivity contribution in [2.24, 2.45) is 0 Å². The van der Waals surface area contributed by atoms with Crippen molar-refractivity contribution in [1.29, 1.82) is 0 Å². The number of H-pyrrole nitrogens is 6. The second kappa shape index (κ2) is 39.1. The summed E-state index contributed by atoms with van der Waals surface area (Å²) < 4.78 is 69.7. The zero-order chi connectivity index (χ0) is 87.7. The monoisotopic (exact) mass is 1760 g/mol. The number of aromatic amines is 6. The van der Waals surface area contributed by atoms with E-state index in [-0.39, 0.29) is 75.2 Å². The standard InChI is InChI=1S/C19H19ClN4O.C18H17ClF3N3O2.C18H20ClN3O.C17H17ClFN3O.C17H19ClN4O2/c1-3-11(4-2)24-17-16(14(20)10-22-18(17)23-19(24)25)13-6-5-7-15-12(13)8-9-21-15;1-3-11(4-2)25-15-14(13(19)9-23-16(15)24-17(25)26)10-6-5-7-12(8-10)27-18(20,21)22;1-4-12(5-2)22-16-15(13-9-7-6-8-11(13)3)14(19)10-20-17(16)21-18(22)23;1-3-10(4-2)22-15-14(11-7-5-6-8-13(11)19)12(18)9-20-16(15)21-17(22)23;1-4-11(5-2)22-15-14(10-6-7-13(24-3)19-8-10)12(18)9-20-16(15)21-17(22)23/h5-11,21H,3-4H2,1-2H3,(H,22,23,25);5-9,11H,3-4H2,1-2H3,(H,23,24,26);6-10,12H,4-5H2,1-3H3,(H,20,21,23);5-10H,3-4H2,1-2H3,(H,20,21,23);6-9,11H,4-5H2,1-3H3,(H,20,21,23). The summed E-state index contributed by atoms with van der Waals surface area (Å²) in [5.41, 5.74) is 13.9. The maximum absolute atomic E-state index is 14.3. The molecule has 0 aliphatic carbocycles. The largest absolute Gasteiger partial charge is 0.573 e. The van der Waals surface area contributed by atoms with Gasteiger partial charge in [0.15, 0.2) is 28.2 Å². The molecular weight excluding hydrogens is 1670 g/mol. The molecule has 0 saturated heterocycles. The second-order valence-electron chi connectivity index (χ2n) is 28.9. The van der Waals surface area contributed by atoms with Crippen LogP contribution >= 0.6 is 58.0 Å². The molecule has 0 spiro atoms. The molecule has 0 unspecified atom stereocenters. The minimum Gasteiger partial charge on any atom is -0.481 e. The number of halogens is 9. The van der Waals surface area contributed by atoms with Gasteiger partial charge in [-0.3, -0.25) is 47.8 Å². The molecule has 4 aromatic carbocycles. The van der Waals surface area contributed by atoms with Crippen LogP contribution in [-0.2, 0) is 0 Å². The summed E-state index contributed by atoms with van der Waals surface area (Å²) in [6.07, 6.45) is 14.5. The van der Waals surface area contributed by atoms with Crippen LogP contribution < -0.4 is 37.9 Å². The number of nitrogens with zero attached hydrogens (tertiary/aromatic N) is 11. The molecule has 0 fully saturated rings. The Kier molecular flexibility index (Phi) is 28.7. The van der Waals surface area contributed by atoms with Crippen molar-refractivity contribution >= 4 is 125 Å². The Labute approximate surface area is 722 Å². The molecule has 6 N–H and O–H groups in total. The van der Waals surface area contributed by atoms with Crippen LogP contribution in [0.1, 0.15) is 169 Å². The highest BCUT2D eigenvalue weighted by molar-refractivity contribution is 6.37. The summed E-state index contributed by atoms with van der Waals surface area (Å²) in [4.78, 5) is 105. The van der Waals surface area contributed by atoms with Gasteiger partial charge in [0.05, 0.1) is 59.8 Å². The number of aromatic nitrogens is 17. The zero-order valence-electron chi connectivity index (χ0n) is 69.1. The molecule has 0 amide bonds. The van der Waals surface area contributed by atoms with Crippen LogP contribution in [0.25, 0.3) is 122 Å². The van der Waals surface area contributed by atoms with Gasteiger partial charge in [-0.2, -0.15) is 0 Å². The maximum Gasteiger partial charge on any atom is 0.573 e. The number of fused-ring (bicyclic) bond motifs is 6. The molecule has 33 heteroatoms. The summed E-state index contributed by atoms with van der Waals surface area (Å²) in [6, 6.07) is 31.9. The van der Waals surface area contributed by atoms with E-state index in [4.69, 9.17) is 62.7 Å². The van der Waals surface area contributed by atoms with E-state index in [1.165, 1.54) is 36.7 Å². The van der Waals surface area contributed by atoms with Crippen LogP contribution in [0.15, 0.2) is 177 Å². The van der Waals surface area contributed by atoms with Crippen molar-refractivity contribution in [1.82, 2.24) is 82.6 Å². The minimum atomic E-state index is -4.80. The van der Waals surface area contributed by atoms with Crippen LogP contribution in [-0.4, -0.2) is 96.1 Å². The zero-order valence-corrected chi connectivity index (χ0v) is 72.8. The highest BCUT2D eigenvalue weighted by Crippen LogP contribution is 2.44. The molecule has 122 heavy (non-hydrogen) atoms. The number of ether oxygens (including phenoxy) is 2. The molecule has 24 nitrogen and oxygen atoms in total.